The molecule has 1 saturated carbocycles. The topological polar surface area (TPSA) is 63.9 Å². The molecular weight excluding hydrogens is 326 g/mol. The summed E-state index contributed by atoms with van der Waals surface area (Å²) in [6.45, 7) is 4.62. The fraction of sp³-hybridized carbons (Fsp3) is 0.400. The van der Waals surface area contributed by atoms with Gasteiger partial charge >= 0.3 is 0 Å². The molecule has 0 atom stereocenters. The summed E-state index contributed by atoms with van der Waals surface area (Å²) in [7, 11) is 1.81. The summed E-state index contributed by atoms with van der Waals surface area (Å²) in [6.07, 6.45) is 5.80. The van der Waals surface area contributed by atoms with Gasteiger partial charge in [-0.2, -0.15) is 5.10 Å². The van der Waals surface area contributed by atoms with E-state index >= 15 is 0 Å². The second-order valence-electron chi connectivity index (χ2n) is 7.27. The molecule has 134 valence electrons. The number of pyridine rings is 2. The van der Waals surface area contributed by atoms with Crippen molar-refractivity contribution in [3.63, 3.8) is 0 Å². The molecule has 6 nitrogen and oxygen atoms in total. The van der Waals surface area contributed by atoms with Crippen molar-refractivity contribution in [2.24, 2.45) is 0 Å². The van der Waals surface area contributed by atoms with Crippen LogP contribution in [0.5, 0.6) is 0 Å². The molecule has 0 N–H and O–H groups in total. The number of carbonyl (C=O) groups excluding carboxylic acids is 1. The molecule has 3 aromatic heterocycles. The molecule has 0 radical (unpaired) electrons. The van der Waals surface area contributed by atoms with Gasteiger partial charge < -0.3 is 4.90 Å². The molecule has 0 bridgehead atoms. The Bertz CT molecular complexity index is 943. The minimum absolute atomic E-state index is 0.0201. The van der Waals surface area contributed by atoms with E-state index in [2.05, 4.69) is 23.9 Å². The van der Waals surface area contributed by atoms with E-state index in [0.717, 1.165) is 35.3 Å². The van der Waals surface area contributed by atoms with Crippen LogP contribution in [0.4, 0.5) is 0 Å². The van der Waals surface area contributed by atoms with Gasteiger partial charge in [0.15, 0.2) is 5.65 Å². The lowest BCUT2D eigenvalue weighted by Crippen LogP contribution is -2.27. The van der Waals surface area contributed by atoms with Gasteiger partial charge in [0, 0.05) is 30.9 Å². The number of hydrogen-bond acceptors (Lipinski definition) is 4. The highest BCUT2D eigenvalue weighted by molar-refractivity contribution is 6.05. The molecule has 1 fully saturated rings. The number of carbonyl (C=O) groups is 1. The van der Waals surface area contributed by atoms with Gasteiger partial charge in [0.1, 0.15) is 0 Å². The zero-order chi connectivity index (χ0) is 18.3. The fourth-order valence-corrected chi connectivity index (χ4v) is 3.19. The maximum atomic E-state index is 13.2. The SMILES string of the molecule is CC(C)n1ncc2c(C(=O)N(C)Cc3ccccn3)cc(C3CC3)nc21. The molecule has 1 amide bonds. The largest absolute Gasteiger partial charge is 0.336 e. The average Bonchev–Trinajstić information content (AvgIpc) is 3.40. The van der Waals surface area contributed by atoms with Crippen molar-refractivity contribution in [3.05, 3.63) is 53.6 Å². The zero-order valence-corrected chi connectivity index (χ0v) is 15.4. The van der Waals surface area contributed by atoms with Crippen LogP contribution in [-0.2, 0) is 6.54 Å². The third kappa shape index (κ3) is 3.07. The van der Waals surface area contributed by atoms with Gasteiger partial charge in [-0.3, -0.25) is 9.78 Å². The van der Waals surface area contributed by atoms with E-state index in [-0.39, 0.29) is 11.9 Å². The maximum Gasteiger partial charge on any atom is 0.254 e. The smallest absolute Gasteiger partial charge is 0.254 e. The van der Waals surface area contributed by atoms with E-state index in [1.807, 2.05) is 36.0 Å². The first-order chi connectivity index (χ1) is 12.5. The number of fused-ring (bicyclic) bond motifs is 1. The van der Waals surface area contributed by atoms with Crippen LogP contribution in [0.1, 0.15) is 60.4 Å². The highest BCUT2D eigenvalue weighted by Crippen LogP contribution is 2.40. The molecule has 26 heavy (non-hydrogen) atoms. The predicted octanol–water partition coefficient (Wildman–Crippen LogP) is 3.56. The van der Waals surface area contributed by atoms with Crippen LogP contribution >= 0.6 is 0 Å². The standard InChI is InChI=1S/C20H23N5O/c1-13(2)25-19-17(11-22-25)16(10-18(23-19)14-7-8-14)20(26)24(3)12-15-6-4-5-9-21-15/h4-6,9-11,13-14H,7-8,12H2,1-3H3. The van der Waals surface area contributed by atoms with Gasteiger partial charge in [0.2, 0.25) is 0 Å². The lowest BCUT2D eigenvalue weighted by atomic mass is 10.1. The van der Waals surface area contributed by atoms with Crippen molar-refractivity contribution < 1.29 is 4.79 Å². The lowest BCUT2D eigenvalue weighted by Gasteiger charge is -2.18. The monoisotopic (exact) mass is 349 g/mol. The fourth-order valence-electron chi connectivity index (χ4n) is 3.19. The first kappa shape index (κ1) is 16.7. The molecule has 0 aromatic carbocycles. The Morgan fingerprint density at radius 3 is 2.81 bits per heavy atom. The first-order valence-electron chi connectivity index (χ1n) is 9.08. The Hall–Kier alpha value is -2.76. The number of amides is 1. The van der Waals surface area contributed by atoms with Gasteiger partial charge in [0.05, 0.1) is 29.4 Å². The Morgan fingerprint density at radius 2 is 2.15 bits per heavy atom. The van der Waals surface area contributed by atoms with Crippen LogP contribution in [0.3, 0.4) is 0 Å². The Balaban J connectivity index is 1.73. The van der Waals surface area contributed by atoms with E-state index in [0.29, 0.717) is 18.0 Å². The Labute approximate surface area is 152 Å². The van der Waals surface area contributed by atoms with Crippen LogP contribution in [0, 0.1) is 0 Å². The molecule has 0 unspecified atom stereocenters. The summed E-state index contributed by atoms with van der Waals surface area (Å²) < 4.78 is 1.90. The van der Waals surface area contributed by atoms with Crippen molar-refractivity contribution in [1.82, 2.24) is 24.6 Å². The van der Waals surface area contributed by atoms with E-state index in [4.69, 9.17) is 4.98 Å². The zero-order valence-electron chi connectivity index (χ0n) is 15.4. The minimum atomic E-state index is -0.0201. The average molecular weight is 349 g/mol. The van der Waals surface area contributed by atoms with E-state index < -0.39 is 0 Å². The second-order valence-corrected chi connectivity index (χ2v) is 7.27. The van der Waals surface area contributed by atoms with Crippen LogP contribution in [0.2, 0.25) is 0 Å². The Kier molecular flexibility index (Phi) is 4.18. The van der Waals surface area contributed by atoms with Gasteiger partial charge in [-0.1, -0.05) is 6.07 Å². The molecule has 3 heterocycles. The van der Waals surface area contributed by atoms with Crippen LogP contribution in [-0.4, -0.2) is 37.6 Å². The van der Waals surface area contributed by atoms with Crippen molar-refractivity contribution in [3.8, 4) is 0 Å². The third-order valence-corrected chi connectivity index (χ3v) is 4.77. The molecule has 6 heteroatoms. The van der Waals surface area contributed by atoms with Gasteiger partial charge in [-0.25, -0.2) is 9.67 Å². The van der Waals surface area contributed by atoms with E-state index in [9.17, 15) is 4.79 Å². The molecular formula is C20H23N5O. The number of hydrogen-bond donors (Lipinski definition) is 0. The number of aromatic nitrogens is 4. The maximum absolute atomic E-state index is 13.2. The summed E-state index contributed by atoms with van der Waals surface area (Å²) in [6, 6.07) is 7.90. The van der Waals surface area contributed by atoms with Crippen molar-refractivity contribution in [2.75, 3.05) is 7.05 Å². The van der Waals surface area contributed by atoms with E-state index in [1.165, 1.54) is 0 Å². The normalized spacial score (nSPS) is 14.2. The lowest BCUT2D eigenvalue weighted by molar-refractivity contribution is 0.0785. The second kappa shape index (κ2) is 6.52. The van der Waals surface area contributed by atoms with Gasteiger partial charge in [-0.05, 0) is 44.9 Å². The third-order valence-electron chi connectivity index (χ3n) is 4.77. The minimum Gasteiger partial charge on any atom is -0.336 e. The van der Waals surface area contributed by atoms with Crippen molar-refractivity contribution in [1.29, 1.82) is 0 Å². The number of nitrogens with zero attached hydrogens (tertiary/aromatic N) is 5. The van der Waals surface area contributed by atoms with Crippen LogP contribution < -0.4 is 0 Å². The summed E-state index contributed by atoms with van der Waals surface area (Å²) in [5.41, 5.74) is 3.37. The molecule has 0 aliphatic heterocycles. The summed E-state index contributed by atoms with van der Waals surface area (Å²) in [5, 5.41) is 5.29. The van der Waals surface area contributed by atoms with Gasteiger partial charge in [-0.15, -0.1) is 0 Å². The molecule has 4 rings (SSSR count). The molecule has 0 saturated heterocycles. The predicted molar refractivity (Wildman–Crippen MR) is 99.9 cm³/mol. The van der Waals surface area contributed by atoms with Crippen LogP contribution in [0.25, 0.3) is 11.0 Å². The molecule has 1 aliphatic rings. The highest BCUT2D eigenvalue weighted by atomic mass is 16.2. The molecule has 3 aromatic rings. The highest BCUT2D eigenvalue weighted by Gasteiger charge is 2.29. The van der Waals surface area contributed by atoms with Gasteiger partial charge in [0.25, 0.3) is 5.91 Å². The quantitative estimate of drug-likeness (QED) is 0.706. The summed E-state index contributed by atoms with van der Waals surface area (Å²) in [4.78, 5) is 24.0. The van der Waals surface area contributed by atoms with Crippen molar-refractivity contribution >= 4 is 16.9 Å². The first-order valence-corrected chi connectivity index (χ1v) is 9.08. The summed E-state index contributed by atoms with van der Waals surface area (Å²) in [5.74, 6) is 0.454. The molecule has 0 spiro atoms. The summed E-state index contributed by atoms with van der Waals surface area (Å²) >= 11 is 0. The Morgan fingerprint density at radius 1 is 1.35 bits per heavy atom. The van der Waals surface area contributed by atoms with Crippen LogP contribution in [0.15, 0.2) is 36.7 Å². The molecule has 1 aliphatic carbocycles. The van der Waals surface area contributed by atoms with E-state index in [1.54, 1.807) is 17.3 Å². The number of rotatable bonds is 5. The van der Waals surface area contributed by atoms with Crippen molar-refractivity contribution in [2.45, 2.75) is 45.2 Å².